The maximum atomic E-state index is 12.9. The first-order valence-electron chi connectivity index (χ1n) is 8.94. The van der Waals surface area contributed by atoms with Crippen molar-refractivity contribution in [2.24, 2.45) is 11.8 Å². The molecule has 136 valence electrons. The van der Waals surface area contributed by atoms with Crippen molar-refractivity contribution >= 4 is 23.4 Å². The fourth-order valence-electron chi connectivity index (χ4n) is 3.44. The molecule has 0 radical (unpaired) electrons. The fraction of sp³-hybridized carbons (Fsp3) is 0.579. The summed E-state index contributed by atoms with van der Waals surface area (Å²) in [6, 6.07) is 5.57. The molecule has 0 aliphatic carbocycles. The van der Waals surface area contributed by atoms with Crippen LogP contribution in [0.5, 0.6) is 5.75 Å². The first kappa shape index (κ1) is 18.1. The highest BCUT2D eigenvalue weighted by Crippen LogP contribution is 2.31. The van der Waals surface area contributed by atoms with Crippen molar-refractivity contribution in [3.63, 3.8) is 0 Å². The van der Waals surface area contributed by atoms with Gasteiger partial charge in [0.2, 0.25) is 11.8 Å². The molecule has 0 bridgehead atoms. The number of nitrogens with one attached hydrogen (secondary N) is 1. The van der Waals surface area contributed by atoms with Gasteiger partial charge in [-0.3, -0.25) is 9.59 Å². The summed E-state index contributed by atoms with van der Waals surface area (Å²) in [4.78, 5) is 26.7. The molecule has 1 N–H and O–H groups in total. The van der Waals surface area contributed by atoms with E-state index in [0.29, 0.717) is 24.6 Å². The van der Waals surface area contributed by atoms with E-state index in [-0.39, 0.29) is 29.7 Å². The van der Waals surface area contributed by atoms with E-state index in [1.807, 2.05) is 30.9 Å². The molecular formula is C19H25ClN2O3. The number of rotatable bonds is 3. The van der Waals surface area contributed by atoms with E-state index in [0.717, 1.165) is 30.7 Å². The van der Waals surface area contributed by atoms with E-state index in [4.69, 9.17) is 16.3 Å². The average molecular weight is 365 g/mol. The van der Waals surface area contributed by atoms with Crippen molar-refractivity contribution in [1.82, 2.24) is 10.2 Å². The van der Waals surface area contributed by atoms with E-state index in [1.165, 1.54) is 0 Å². The summed E-state index contributed by atoms with van der Waals surface area (Å²) in [6.45, 7) is 5.47. The number of fused-ring (bicyclic) bond motifs is 1. The van der Waals surface area contributed by atoms with Crippen LogP contribution in [0, 0.1) is 11.8 Å². The molecule has 3 rings (SSSR count). The van der Waals surface area contributed by atoms with Gasteiger partial charge in [-0.1, -0.05) is 25.4 Å². The third kappa shape index (κ3) is 4.27. The zero-order chi connectivity index (χ0) is 18.0. The van der Waals surface area contributed by atoms with Crippen LogP contribution in [0.15, 0.2) is 18.2 Å². The minimum atomic E-state index is -0.189. The molecule has 2 amide bonds. The number of likely N-dealkylation sites (tertiary alicyclic amines) is 1. The molecule has 0 saturated carbocycles. The molecule has 2 atom stereocenters. The van der Waals surface area contributed by atoms with Gasteiger partial charge < -0.3 is 15.0 Å². The lowest BCUT2D eigenvalue weighted by Gasteiger charge is -2.36. The minimum absolute atomic E-state index is 0.0406. The predicted octanol–water partition coefficient (Wildman–Crippen LogP) is 2.65. The summed E-state index contributed by atoms with van der Waals surface area (Å²) in [5, 5.41) is 3.70. The summed E-state index contributed by atoms with van der Waals surface area (Å²) in [5.41, 5.74) is 0.985. The number of nitrogens with zero attached hydrogens (tertiary/aromatic N) is 1. The van der Waals surface area contributed by atoms with Gasteiger partial charge in [-0.05, 0) is 43.0 Å². The molecule has 2 aliphatic rings. The average Bonchev–Trinajstić information content (AvgIpc) is 2.60. The van der Waals surface area contributed by atoms with Crippen molar-refractivity contribution < 1.29 is 14.3 Å². The second-order valence-electron chi connectivity index (χ2n) is 7.25. The molecule has 1 fully saturated rings. The van der Waals surface area contributed by atoms with Gasteiger partial charge in [0.25, 0.3) is 0 Å². The van der Waals surface area contributed by atoms with Gasteiger partial charge in [-0.2, -0.15) is 0 Å². The van der Waals surface area contributed by atoms with Crippen LogP contribution in [0.4, 0.5) is 0 Å². The van der Waals surface area contributed by atoms with Crippen LogP contribution >= 0.6 is 11.6 Å². The number of piperidine rings is 1. The summed E-state index contributed by atoms with van der Waals surface area (Å²) in [6.07, 6.45) is 2.47. The Morgan fingerprint density at radius 3 is 2.92 bits per heavy atom. The maximum Gasteiger partial charge on any atom is 0.229 e. The van der Waals surface area contributed by atoms with Gasteiger partial charge >= 0.3 is 0 Å². The Labute approximate surface area is 153 Å². The SMILES string of the molecule is CC(C)C(=O)NC1CCCN(C(=O)C2COc3ccc(Cl)cc3C2)C1. The van der Waals surface area contributed by atoms with Crippen LogP contribution in [0.1, 0.15) is 32.3 Å². The highest BCUT2D eigenvalue weighted by molar-refractivity contribution is 6.30. The lowest BCUT2D eigenvalue weighted by atomic mass is 9.94. The van der Waals surface area contributed by atoms with Gasteiger partial charge in [0.1, 0.15) is 12.4 Å². The van der Waals surface area contributed by atoms with Crippen LogP contribution in [0.25, 0.3) is 0 Å². The van der Waals surface area contributed by atoms with Crippen molar-refractivity contribution in [3.8, 4) is 5.75 Å². The van der Waals surface area contributed by atoms with Crippen molar-refractivity contribution in [3.05, 3.63) is 28.8 Å². The molecule has 1 saturated heterocycles. The number of carbonyl (C=O) groups excluding carboxylic acids is 2. The zero-order valence-electron chi connectivity index (χ0n) is 14.8. The van der Waals surface area contributed by atoms with Crippen LogP contribution in [-0.4, -0.2) is 42.5 Å². The van der Waals surface area contributed by atoms with E-state index < -0.39 is 0 Å². The van der Waals surface area contributed by atoms with Gasteiger partial charge in [0.05, 0.1) is 5.92 Å². The van der Waals surface area contributed by atoms with Crippen molar-refractivity contribution in [2.45, 2.75) is 39.2 Å². The van der Waals surface area contributed by atoms with Crippen LogP contribution in [-0.2, 0) is 16.0 Å². The van der Waals surface area contributed by atoms with Gasteiger partial charge in [-0.15, -0.1) is 0 Å². The van der Waals surface area contributed by atoms with E-state index in [1.54, 1.807) is 6.07 Å². The van der Waals surface area contributed by atoms with Crippen LogP contribution in [0.3, 0.4) is 0 Å². The highest BCUT2D eigenvalue weighted by Gasteiger charge is 2.32. The first-order valence-corrected chi connectivity index (χ1v) is 9.32. The van der Waals surface area contributed by atoms with Crippen LogP contribution in [0.2, 0.25) is 5.02 Å². The van der Waals surface area contributed by atoms with E-state index in [2.05, 4.69) is 5.32 Å². The Hall–Kier alpha value is -1.75. The second kappa shape index (κ2) is 7.65. The van der Waals surface area contributed by atoms with Gasteiger partial charge in [0, 0.05) is 30.1 Å². The first-order chi connectivity index (χ1) is 11.9. The summed E-state index contributed by atoms with van der Waals surface area (Å²) < 4.78 is 5.75. The lowest BCUT2D eigenvalue weighted by molar-refractivity contribution is -0.139. The number of benzene rings is 1. The molecule has 2 heterocycles. The quantitative estimate of drug-likeness (QED) is 0.897. The molecule has 1 aromatic carbocycles. The number of carbonyl (C=O) groups is 2. The molecule has 5 nitrogen and oxygen atoms in total. The van der Waals surface area contributed by atoms with Gasteiger partial charge in [0.15, 0.2) is 0 Å². The Morgan fingerprint density at radius 2 is 2.16 bits per heavy atom. The summed E-state index contributed by atoms with van der Waals surface area (Å²) in [7, 11) is 0. The lowest BCUT2D eigenvalue weighted by Crippen LogP contribution is -2.52. The normalized spacial score (nSPS) is 23.0. The fourth-order valence-corrected chi connectivity index (χ4v) is 3.64. The third-order valence-corrected chi connectivity index (χ3v) is 5.12. The Bertz CT molecular complexity index is 662. The number of amides is 2. The Balaban J connectivity index is 1.62. The standard InChI is InChI=1S/C19H25ClN2O3/c1-12(2)18(23)21-16-4-3-7-22(10-16)19(24)14-8-13-9-15(20)5-6-17(13)25-11-14/h5-6,9,12,14,16H,3-4,7-8,10-11H2,1-2H3,(H,21,23). The number of ether oxygens (including phenoxy) is 1. The molecule has 2 unspecified atom stereocenters. The molecule has 25 heavy (non-hydrogen) atoms. The molecule has 6 heteroatoms. The van der Waals surface area contributed by atoms with Crippen molar-refractivity contribution in [1.29, 1.82) is 0 Å². The topological polar surface area (TPSA) is 58.6 Å². The third-order valence-electron chi connectivity index (χ3n) is 4.88. The summed E-state index contributed by atoms with van der Waals surface area (Å²) >= 11 is 6.05. The largest absolute Gasteiger partial charge is 0.492 e. The molecule has 0 spiro atoms. The van der Waals surface area contributed by atoms with E-state index >= 15 is 0 Å². The number of hydrogen-bond donors (Lipinski definition) is 1. The number of halogens is 1. The Kier molecular flexibility index (Phi) is 5.52. The maximum absolute atomic E-state index is 12.9. The number of hydrogen-bond acceptors (Lipinski definition) is 3. The highest BCUT2D eigenvalue weighted by atomic mass is 35.5. The monoisotopic (exact) mass is 364 g/mol. The van der Waals surface area contributed by atoms with E-state index in [9.17, 15) is 9.59 Å². The molecule has 1 aromatic rings. The Morgan fingerprint density at radius 1 is 1.36 bits per heavy atom. The van der Waals surface area contributed by atoms with Crippen LogP contribution < -0.4 is 10.1 Å². The molecule has 2 aliphatic heterocycles. The smallest absolute Gasteiger partial charge is 0.229 e. The molecule has 0 aromatic heterocycles. The summed E-state index contributed by atoms with van der Waals surface area (Å²) in [5.74, 6) is 0.733. The minimum Gasteiger partial charge on any atom is -0.492 e. The molecular weight excluding hydrogens is 340 g/mol. The zero-order valence-corrected chi connectivity index (χ0v) is 15.5. The van der Waals surface area contributed by atoms with Gasteiger partial charge in [-0.25, -0.2) is 0 Å². The second-order valence-corrected chi connectivity index (χ2v) is 7.69. The predicted molar refractivity (Wildman–Crippen MR) is 96.7 cm³/mol. The van der Waals surface area contributed by atoms with Crippen molar-refractivity contribution in [2.75, 3.05) is 19.7 Å².